The van der Waals surface area contributed by atoms with Crippen molar-refractivity contribution < 1.29 is 13.2 Å². The van der Waals surface area contributed by atoms with E-state index < -0.39 is 10.0 Å². The van der Waals surface area contributed by atoms with Crippen LogP contribution in [0.4, 0.5) is 5.69 Å². The Morgan fingerprint density at radius 3 is 2.41 bits per heavy atom. The van der Waals surface area contributed by atoms with Crippen molar-refractivity contribution >= 4 is 44.1 Å². The molecule has 0 saturated carbocycles. The number of anilines is 1. The number of benzene rings is 2. The zero-order valence-electron chi connectivity index (χ0n) is 18.0. The second-order valence-electron chi connectivity index (χ2n) is 7.78. The zero-order valence-corrected chi connectivity index (χ0v) is 19.6. The molecule has 1 amide bonds. The van der Waals surface area contributed by atoms with Crippen LogP contribution in [0.25, 0.3) is 10.9 Å². The van der Waals surface area contributed by atoms with Crippen molar-refractivity contribution in [2.24, 2.45) is 0 Å². The highest BCUT2D eigenvalue weighted by Gasteiger charge is 2.28. The maximum Gasteiger partial charge on any atom is 0.257 e. The van der Waals surface area contributed by atoms with Gasteiger partial charge in [-0.2, -0.15) is 4.31 Å². The fourth-order valence-electron chi connectivity index (χ4n) is 3.82. The van der Waals surface area contributed by atoms with Crippen LogP contribution in [0.2, 0.25) is 5.02 Å². The fraction of sp³-hybridized carbons (Fsp3) is 0.304. The molecule has 0 unspecified atom stereocenters. The number of aryl methyl sites for hydroxylation is 1. The van der Waals surface area contributed by atoms with Gasteiger partial charge in [-0.25, -0.2) is 8.42 Å². The first-order valence-electron chi connectivity index (χ1n) is 10.5. The number of carbonyl (C=O) groups is 1. The molecule has 9 heteroatoms. The van der Waals surface area contributed by atoms with Gasteiger partial charge in [0.15, 0.2) is 0 Å². The van der Waals surface area contributed by atoms with E-state index in [1.165, 1.54) is 16.4 Å². The molecule has 4 rings (SSSR count). The van der Waals surface area contributed by atoms with Gasteiger partial charge in [-0.1, -0.05) is 18.5 Å². The van der Waals surface area contributed by atoms with Gasteiger partial charge in [0.05, 0.1) is 21.7 Å². The van der Waals surface area contributed by atoms with E-state index in [1.54, 1.807) is 37.3 Å². The molecular weight excluding hydrogens is 448 g/mol. The summed E-state index contributed by atoms with van der Waals surface area (Å²) < 4.78 is 27.4. The molecule has 32 heavy (non-hydrogen) atoms. The summed E-state index contributed by atoms with van der Waals surface area (Å²) in [6.45, 7) is 7.18. The zero-order chi connectivity index (χ0) is 22.9. The molecule has 1 N–H and O–H groups in total. The molecule has 1 aliphatic rings. The van der Waals surface area contributed by atoms with Gasteiger partial charge in [0.1, 0.15) is 0 Å². The summed E-state index contributed by atoms with van der Waals surface area (Å²) in [6, 6.07) is 13.4. The summed E-state index contributed by atoms with van der Waals surface area (Å²) in [7, 11) is -3.55. The molecule has 7 nitrogen and oxygen atoms in total. The van der Waals surface area contributed by atoms with E-state index in [4.69, 9.17) is 11.6 Å². The van der Waals surface area contributed by atoms with Crippen molar-refractivity contribution in [2.75, 3.05) is 38.0 Å². The number of carbonyl (C=O) groups excluding carboxylic acids is 1. The highest BCUT2D eigenvalue weighted by molar-refractivity contribution is 7.89. The van der Waals surface area contributed by atoms with Crippen molar-refractivity contribution in [1.29, 1.82) is 0 Å². The molecule has 0 radical (unpaired) electrons. The highest BCUT2D eigenvalue weighted by atomic mass is 35.5. The van der Waals surface area contributed by atoms with E-state index in [-0.39, 0.29) is 10.8 Å². The summed E-state index contributed by atoms with van der Waals surface area (Å²) in [5.74, 6) is -0.317. The number of nitrogens with zero attached hydrogens (tertiary/aromatic N) is 3. The largest absolute Gasteiger partial charge is 0.322 e. The van der Waals surface area contributed by atoms with E-state index in [0.717, 1.165) is 30.5 Å². The van der Waals surface area contributed by atoms with Gasteiger partial charge in [0, 0.05) is 42.3 Å². The van der Waals surface area contributed by atoms with Gasteiger partial charge >= 0.3 is 0 Å². The lowest BCUT2D eigenvalue weighted by molar-refractivity contribution is 0.102. The van der Waals surface area contributed by atoms with Gasteiger partial charge in [0.25, 0.3) is 5.91 Å². The summed E-state index contributed by atoms with van der Waals surface area (Å²) in [6.07, 6.45) is 0. The number of nitrogens with one attached hydrogen (secondary N) is 1. The van der Waals surface area contributed by atoms with Gasteiger partial charge in [-0.15, -0.1) is 0 Å². The number of sulfonamides is 1. The number of amides is 1. The molecule has 2 aromatic carbocycles. The van der Waals surface area contributed by atoms with Gasteiger partial charge < -0.3 is 10.2 Å². The average Bonchev–Trinajstić information content (AvgIpc) is 2.79. The molecule has 1 saturated heterocycles. The Labute approximate surface area is 193 Å². The smallest absolute Gasteiger partial charge is 0.257 e. The van der Waals surface area contributed by atoms with Gasteiger partial charge in [-0.05, 0) is 62.0 Å². The minimum Gasteiger partial charge on any atom is -0.322 e. The first-order chi connectivity index (χ1) is 15.3. The quantitative estimate of drug-likeness (QED) is 0.611. The van der Waals surface area contributed by atoms with Crippen LogP contribution in [0.5, 0.6) is 0 Å². The predicted molar refractivity (Wildman–Crippen MR) is 127 cm³/mol. The topological polar surface area (TPSA) is 82.6 Å². The minimum absolute atomic E-state index is 0.221. The average molecular weight is 473 g/mol. The Morgan fingerprint density at radius 1 is 1.06 bits per heavy atom. The molecule has 1 fully saturated rings. The molecule has 0 bridgehead atoms. The highest BCUT2D eigenvalue weighted by Crippen LogP contribution is 2.23. The number of fused-ring (bicyclic) bond motifs is 1. The number of rotatable bonds is 5. The first kappa shape index (κ1) is 22.7. The molecule has 1 aromatic heterocycles. The number of pyridine rings is 1. The minimum atomic E-state index is -3.55. The van der Waals surface area contributed by atoms with E-state index in [1.807, 2.05) is 6.07 Å². The van der Waals surface area contributed by atoms with E-state index in [9.17, 15) is 13.2 Å². The van der Waals surface area contributed by atoms with Gasteiger partial charge in [-0.3, -0.25) is 9.78 Å². The molecule has 3 aromatic rings. The third-order valence-electron chi connectivity index (χ3n) is 5.74. The third kappa shape index (κ3) is 4.63. The number of piperazine rings is 1. The Hall–Kier alpha value is -2.52. The summed E-state index contributed by atoms with van der Waals surface area (Å²) >= 11 is 6.06. The third-order valence-corrected chi connectivity index (χ3v) is 7.89. The maximum absolute atomic E-state index is 12.9. The van der Waals surface area contributed by atoms with Crippen molar-refractivity contribution in [3.63, 3.8) is 0 Å². The van der Waals surface area contributed by atoms with Crippen LogP contribution in [0.1, 0.15) is 23.0 Å². The standard InChI is InChI=1S/C23H25ClN4O3S/c1-3-27-10-12-28(13-11-27)32(30,31)20-7-5-19(6-8-20)26-23(29)21-15-17-14-18(24)4-9-22(17)25-16(21)2/h4-9,14-15H,3,10-13H2,1-2H3,(H,26,29). The molecule has 0 spiro atoms. The predicted octanol–water partition coefficient (Wildman–Crippen LogP) is 3.78. The van der Waals surface area contributed by atoms with Crippen LogP contribution in [-0.2, 0) is 10.0 Å². The van der Waals surface area contributed by atoms with E-state index in [0.29, 0.717) is 35.1 Å². The van der Waals surface area contributed by atoms with Crippen LogP contribution in [0.15, 0.2) is 53.4 Å². The van der Waals surface area contributed by atoms with E-state index >= 15 is 0 Å². The van der Waals surface area contributed by atoms with Crippen molar-refractivity contribution in [2.45, 2.75) is 18.7 Å². The van der Waals surface area contributed by atoms with Crippen molar-refractivity contribution in [3.8, 4) is 0 Å². The number of hydrogen-bond acceptors (Lipinski definition) is 5. The number of hydrogen-bond donors (Lipinski definition) is 1. The van der Waals surface area contributed by atoms with Crippen LogP contribution >= 0.6 is 11.6 Å². The number of likely N-dealkylation sites (N-methyl/N-ethyl adjacent to an activating group) is 1. The first-order valence-corrected chi connectivity index (χ1v) is 12.3. The van der Waals surface area contributed by atoms with Crippen LogP contribution in [0, 0.1) is 6.92 Å². The molecule has 1 aliphatic heterocycles. The van der Waals surface area contributed by atoms with Crippen LogP contribution in [-0.4, -0.2) is 61.2 Å². The Bertz CT molecular complexity index is 1250. The lowest BCUT2D eigenvalue weighted by Crippen LogP contribution is -2.48. The summed E-state index contributed by atoms with van der Waals surface area (Å²) in [5.41, 5.74) is 2.31. The molecule has 0 aliphatic carbocycles. The van der Waals surface area contributed by atoms with E-state index in [2.05, 4.69) is 22.1 Å². The lowest BCUT2D eigenvalue weighted by atomic mass is 10.1. The lowest BCUT2D eigenvalue weighted by Gasteiger charge is -2.33. The SMILES string of the molecule is CCN1CCN(S(=O)(=O)c2ccc(NC(=O)c3cc4cc(Cl)ccc4nc3C)cc2)CC1. The summed E-state index contributed by atoms with van der Waals surface area (Å²) in [4.78, 5) is 19.8. The Kier molecular flexibility index (Phi) is 6.48. The second kappa shape index (κ2) is 9.15. The van der Waals surface area contributed by atoms with Gasteiger partial charge in [0.2, 0.25) is 10.0 Å². The number of aromatic nitrogens is 1. The summed E-state index contributed by atoms with van der Waals surface area (Å²) in [5, 5.41) is 4.17. The number of halogens is 1. The maximum atomic E-state index is 12.9. The second-order valence-corrected chi connectivity index (χ2v) is 10.1. The Balaban J connectivity index is 1.50. The molecule has 2 heterocycles. The molecule has 0 atom stereocenters. The van der Waals surface area contributed by atoms with Crippen LogP contribution < -0.4 is 5.32 Å². The monoisotopic (exact) mass is 472 g/mol. The molecular formula is C23H25ClN4O3S. The Morgan fingerprint density at radius 2 is 1.75 bits per heavy atom. The normalized spacial score (nSPS) is 15.7. The van der Waals surface area contributed by atoms with Crippen LogP contribution in [0.3, 0.4) is 0 Å². The molecule has 168 valence electrons. The van der Waals surface area contributed by atoms with Crippen molar-refractivity contribution in [1.82, 2.24) is 14.2 Å². The fourth-order valence-corrected chi connectivity index (χ4v) is 5.42. The van der Waals surface area contributed by atoms with Crippen molar-refractivity contribution in [3.05, 3.63) is 64.8 Å².